The molecule has 3 aromatic rings. The summed E-state index contributed by atoms with van der Waals surface area (Å²) < 4.78 is 23.1. The third-order valence-electron chi connectivity index (χ3n) is 5.59. The maximum Gasteiger partial charge on any atom is 0.260 e. The predicted molar refractivity (Wildman–Crippen MR) is 130 cm³/mol. The van der Waals surface area contributed by atoms with E-state index in [0.29, 0.717) is 42.0 Å². The number of anilines is 1. The van der Waals surface area contributed by atoms with Crippen LogP contribution in [0.5, 0.6) is 17.2 Å². The number of halogens is 1. The summed E-state index contributed by atoms with van der Waals surface area (Å²) in [7, 11) is 1.63. The topological polar surface area (TPSA) is 73.4 Å². The molecule has 8 nitrogen and oxygen atoms in total. The molecule has 10 heteroatoms. The molecule has 0 aliphatic carbocycles. The van der Waals surface area contributed by atoms with E-state index < -0.39 is 0 Å². The van der Waals surface area contributed by atoms with Crippen molar-refractivity contribution in [3.05, 3.63) is 42.0 Å². The number of benzene rings is 2. The molecule has 176 valence electrons. The number of hydrogen-bond acceptors (Lipinski definition) is 8. The zero-order chi connectivity index (χ0) is 21.9. The quantitative estimate of drug-likeness (QED) is 0.522. The van der Waals surface area contributed by atoms with E-state index in [4.69, 9.17) is 23.9 Å². The summed E-state index contributed by atoms with van der Waals surface area (Å²) in [6.07, 6.45) is 0. The Bertz CT molecular complexity index is 1120. The highest BCUT2D eigenvalue weighted by atomic mass is 35.5. The van der Waals surface area contributed by atoms with Gasteiger partial charge < -0.3 is 18.9 Å². The highest BCUT2D eigenvalue weighted by Gasteiger charge is 2.24. The second-order valence-corrected chi connectivity index (χ2v) is 8.61. The average Bonchev–Trinajstić information content (AvgIpc) is 3.27. The van der Waals surface area contributed by atoms with Gasteiger partial charge in [-0.05, 0) is 30.3 Å². The predicted octanol–water partition coefficient (Wildman–Crippen LogP) is 3.48. The molecule has 2 aromatic carbocycles. The number of rotatable bonds is 6. The molecule has 1 aromatic heterocycles. The molecular weight excluding hydrogens is 466 g/mol. The number of aromatic nitrogens is 1. The molecule has 33 heavy (non-hydrogen) atoms. The van der Waals surface area contributed by atoms with Crippen molar-refractivity contribution in [1.29, 1.82) is 0 Å². The molecule has 0 unspecified atom stereocenters. The lowest BCUT2D eigenvalue weighted by Crippen LogP contribution is -2.43. The molecule has 0 saturated carbocycles. The first-order valence-corrected chi connectivity index (χ1v) is 11.5. The van der Waals surface area contributed by atoms with E-state index in [1.165, 1.54) is 11.3 Å². The molecule has 0 bridgehead atoms. The van der Waals surface area contributed by atoms with Crippen LogP contribution in [0.2, 0.25) is 0 Å². The van der Waals surface area contributed by atoms with Crippen LogP contribution in [0.3, 0.4) is 0 Å². The van der Waals surface area contributed by atoms with Crippen LogP contribution in [0.15, 0.2) is 36.4 Å². The number of carbonyl (C=O) groups is 1. The fraction of sp³-hybridized carbons (Fsp3) is 0.391. The van der Waals surface area contributed by atoms with Crippen molar-refractivity contribution in [2.75, 3.05) is 64.6 Å². The molecule has 0 radical (unpaired) electrons. The van der Waals surface area contributed by atoms with Gasteiger partial charge in [0.1, 0.15) is 19.0 Å². The van der Waals surface area contributed by atoms with Crippen molar-refractivity contribution < 1.29 is 23.7 Å². The molecule has 1 amide bonds. The van der Waals surface area contributed by atoms with E-state index in [1.807, 2.05) is 18.2 Å². The van der Waals surface area contributed by atoms with Crippen molar-refractivity contribution in [1.82, 2.24) is 9.88 Å². The molecule has 1 saturated heterocycles. The molecule has 3 heterocycles. The summed E-state index contributed by atoms with van der Waals surface area (Å²) >= 11 is 1.50. The fourth-order valence-electron chi connectivity index (χ4n) is 3.82. The molecule has 2 aliphatic heterocycles. The van der Waals surface area contributed by atoms with Gasteiger partial charge in [-0.2, -0.15) is 0 Å². The van der Waals surface area contributed by atoms with E-state index in [2.05, 4.69) is 4.90 Å². The van der Waals surface area contributed by atoms with E-state index in [-0.39, 0.29) is 18.3 Å². The summed E-state index contributed by atoms with van der Waals surface area (Å²) in [5.74, 6) is 1.90. The van der Waals surface area contributed by atoms with Gasteiger partial charge in [0.2, 0.25) is 0 Å². The van der Waals surface area contributed by atoms with E-state index in [0.717, 1.165) is 48.8 Å². The van der Waals surface area contributed by atoms with Gasteiger partial charge in [0, 0.05) is 37.8 Å². The maximum atomic E-state index is 13.6. The molecule has 0 atom stereocenters. The summed E-state index contributed by atoms with van der Waals surface area (Å²) in [6.45, 7) is 5.44. The van der Waals surface area contributed by atoms with Crippen LogP contribution in [0, 0.1) is 0 Å². The van der Waals surface area contributed by atoms with Crippen LogP contribution >= 0.6 is 23.7 Å². The first-order chi connectivity index (χ1) is 15.7. The number of hydrogen-bond donors (Lipinski definition) is 0. The third-order valence-corrected chi connectivity index (χ3v) is 6.65. The average molecular weight is 492 g/mol. The number of thiazole rings is 1. The third kappa shape index (κ3) is 5.16. The minimum Gasteiger partial charge on any atom is -0.497 e. The molecule has 2 aliphatic rings. The SMILES string of the molecule is COc1ccc2sc(N(CCN3CCOCC3)C(=O)c3ccc4c(c3)OCCO4)nc2c1.Cl. The first-order valence-electron chi connectivity index (χ1n) is 10.7. The summed E-state index contributed by atoms with van der Waals surface area (Å²) in [5.41, 5.74) is 1.36. The van der Waals surface area contributed by atoms with Gasteiger partial charge in [-0.15, -0.1) is 12.4 Å². The number of carbonyl (C=O) groups excluding carboxylic acids is 1. The highest BCUT2D eigenvalue weighted by molar-refractivity contribution is 7.22. The lowest BCUT2D eigenvalue weighted by Gasteiger charge is -2.29. The van der Waals surface area contributed by atoms with Crippen LogP contribution in [-0.2, 0) is 4.74 Å². The Balaban J connectivity index is 0.00000259. The molecular formula is C23H26ClN3O5S. The van der Waals surface area contributed by atoms with E-state index >= 15 is 0 Å². The van der Waals surface area contributed by atoms with Gasteiger partial charge in [-0.1, -0.05) is 11.3 Å². The van der Waals surface area contributed by atoms with Gasteiger partial charge in [0.25, 0.3) is 5.91 Å². The molecule has 5 rings (SSSR count). The van der Waals surface area contributed by atoms with Crippen molar-refractivity contribution in [2.45, 2.75) is 0 Å². The number of fused-ring (bicyclic) bond motifs is 2. The Labute approximate surface area is 202 Å². The second-order valence-electron chi connectivity index (χ2n) is 7.60. The normalized spacial score (nSPS) is 15.7. The minimum atomic E-state index is -0.110. The summed E-state index contributed by atoms with van der Waals surface area (Å²) in [5, 5.41) is 0.668. The van der Waals surface area contributed by atoms with Gasteiger partial charge in [-0.25, -0.2) is 4.98 Å². The minimum absolute atomic E-state index is 0. The van der Waals surface area contributed by atoms with Crippen LogP contribution in [-0.4, -0.2) is 75.5 Å². The first kappa shape index (κ1) is 23.6. The number of nitrogens with zero attached hydrogens (tertiary/aromatic N) is 3. The zero-order valence-electron chi connectivity index (χ0n) is 18.3. The second kappa shape index (κ2) is 10.6. The largest absolute Gasteiger partial charge is 0.497 e. The summed E-state index contributed by atoms with van der Waals surface area (Å²) in [4.78, 5) is 22.5. The van der Waals surface area contributed by atoms with Crippen LogP contribution in [0.1, 0.15) is 10.4 Å². The Morgan fingerprint density at radius 2 is 1.88 bits per heavy atom. The van der Waals surface area contributed by atoms with E-state index in [9.17, 15) is 4.79 Å². The Morgan fingerprint density at radius 3 is 2.67 bits per heavy atom. The van der Waals surface area contributed by atoms with Crippen molar-refractivity contribution in [3.63, 3.8) is 0 Å². The molecule has 0 N–H and O–H groups in total. The molecule has 0 spiro atoms. The smallest absolute Gasteiger partial charge is 0.260 e. The molecule has 1 fully saturated rings. The standard InChI is InChI=1S/C23H25N3O5S.ClH/c1-28-17-3-5-21-18(15-17)24-23(32-21)26(7-6-25-8-10-29-11-9-25)22(27)16-2-4-19-20(14-16)31-13-12-30-19;/h2-5,14-15H,6-13H2,1H3;1H. The lowest BCUT2D eigenvalue weighted by atomic mass is 10.1. The van der Waals surface area contributed by atoms with Gasteiger partial charge in [-0.3, -0.25) is 14.6 Å². The van der Waals surface area contributed by atoms with E-state index in [1.54, 1.807) is 30.2 Å². The fourth-order valence-corrected chi connectivity index (χ4v) is 4.79. The number of morpholine rings is 1. The Morgan fingerprint density at radius 1 is 1.09 bits per heavy atom. The van der Waals surface area contributed by atoms with Crippen molar-refractivity contribution >= 4 is 45.0 Å². The Hall–Kier alpha value is -2.59. The van der Waals surface area contributed by atoms with Gasteiger partial charge in [0.15, 0.2) is 16.6 Å². The monoisotopic (exact) mass is 491 g/mol. The van der Waals surface area contributed by atoms with Gasteiger partial charge in [0.05, 0.1) is 30.5 Å². The summed E-state index contributed by atoms with van der Waals surface area (Å²) in [6, 6.07) is 11.1. The Kier molecular flexibility index (Phi) is 7.54. The highest BCUT2D eigenvalue weighted by Crippen LogP contribution is 2.34. The van der Waals surface area contributed by atoms with Crippen LogP contribution in [0.25, 0.3) is 10.2 Å². The van der Waals surface area contributed by atoms with Crippen LogP contribution in [0.4, 0.5) is 5.13 Å². The van der Waals surface area contributed by atoms with Crippen molar-refractivity contribution in [2.24, 2.45) is 0 Å². The van der Waals surface area contributed by atoms with Crippen LogP contribution < -0.4 is 19.1 Å². The lowest BCUT2D eigenvalue weighted by molar-refractivity contribution is 0.0391. The zero-order valence-corrected chi connectivity index (χ0v) is 20.0. The maximum absolute atomic E-state index is 13.6. The number of ether oxygens (including phenoxy) is 4. The number of methoxy groups -OCH3 is 1. The van der Waals surface area contributed by atoms with Crippen molar-refractivity contribution in [3.8, 4) is 17.2 Å². The number of amides is 1. The van der Waals surface area contributed by atoms with Gasteiger partial charge >= 0.3 is 0 Å².